The van der Waals surface area contributed by atoms with Crippen LogP contribution < -0.4 is 5.56 Å². The lowest BCUT2D eigenvalue weighted by Crippen LogP contribution is -2.23. The van der Waals surface area contributed by atoms with E-state index in [1.807, 2.05) is 61.0 Å². The van der Waals surface area contributed by atoms with Gasteiger partial charge in [0.15, 0.2) is 0 Å². The van der Waals surface area contributed by atoms with Crippen LogP contribution in [0.5, 0.6) is 0 Å². The molecule has 0 saturated heterocycles. The van der Waals surface area contributed by atoms with Gasteiger partial charge in [-0.2, -0.15) is 9.78 Å². The van der Waals surface area contributed by atoms with E-state index in [0.717, 1.165) is 15.9 Å². The molecule has 0 aliphatic carbocycles. The van der Waals surface area contributed by atoms with Gasteiger partial charge in [0.25, 0.3) is 5.56 Å². The second-order valence-corrected chi connectivity index (χ2v) is 8.21. The lowest BCUT2D eigenvalue weighted by Gasteiger charge is -2.12. The van der Waals surface area contributed by atoms with Crippen molar-refractivity contribution in [3.05, 3.63) is 92.7 Å². The molecule has 0 bridgehead atoms. The fourth-order valence-electron chi connectivity index (χ4n) is 3.28. The van der Waals surface area contributed by atoms with Crippen molar-refractivity contribution in [2.24, 2.45) is 5.10 Å². The number of aryl methyl sites for hydroxylation is 1. The van der Waals surface area contributed by atoms with Gasteiger partial charge in [-0.15, -0.1) is 0 Å². The normalized spacial score (nSPS) is 11.8. The minimum absolute atomic E-state index is 0.0523. The molecule has 0 N–H and O–H groups in total. The Bertz CT molecular complexity index is 1280. The molecule has 2 aromatic heterocycles. The van der Waals surface area contributed by atoms with Crippen LogP contribution in [0.4, 0.5) is 0 Å². The molecule has 0 unspecified atom stereocenters. The summed E-state index contributed by atoms with van der Waals surface area (Å²) in [6.45, 7) is 6.08. The van der Waals surface area contributed by atoms with Crippen molar-refractivity contribution in [3.8, 4) is 5.69 Å². The highest BCUT2D eigenvalue weighted by atomic mass is 79.9. The Kier molecular flexibility index (Phi) is 5.20. The molecule has 0 amide bonds. The zero-order valence-corrected chi connectivity index (χ0v) is 18.1. The topological polar surface area (TPSA) is 52.2 Å². The van der Waals surface area contributed by atoms with Crippen molar-refractivity contribution in [2.75, 3.05) is 0 Å². The summed E-state index contributed by atoms with van der Waals surface area (Å²) in [4.78, 5) is 17.8. The molecule has 0 saturated carbocycles. The summed E-state index contributed by atoms with van der Waals surface area (Å²) in [6.07, 6.45) is 3.69. The Balaban J connectivity index is 1.84. The number of nitrogens with zero attached hydrogens (tertiary/aromatic N) is 4. The van der Waals surface area contributed by atoms with E-state index in [1.54, 1.807) is 12.3 Å². The fraction of sp³-hybridized carbons (Fsp3) is 0.174. The molecule has 0 radical (unpaired) electrons. The van der Waals surface area contributed by atoms with Crippen LogP contribution in [-0.4, -0.2) is 20.4 Å². The lowest BCUT2D eigenvalue weighted by atomic mass is 10.2. The van der Waals surface area contributed by atoms with E-state index in [1.165, 1.54) is 10.2 Å². The lowest BCUT2D eigenvalue weighted by molar-refractivity contribution is 0.665. The van der Waals surface area contributed by atoms with Crippen molar-refractivity contribution in [3.63, 3.8) is 0 Å². The first-order valence-electron chi connectivity index (χ1n) is 9.45. The standard InChI is InChI=1S/C23H21BrN4O/c1-15(2)22-26-21-10-9-17(24)13-20(21)23(29)28(22)25-14-19-8-5-11-27(19)18-7-4-6-16(3)12-18/h4-15H,1-3H3. The zero-order valence-electron chi connectivity index (χ0n) is 16.5. The monoisotopic (exact) mass is 448 g/mol. The number of benzene rings is 2. The van der Waals surface area contributed by atoms with E-state index in [2.05, 4.69) is 40.1 Å². The predicted molar refractivity (Wildman–Crippen MR) is 121 cm³/mol. The SMILES string of the molecule is Cc1cccc(-n2cccc2C=Nn2c(C(C)C)nc3ccc(Br)cc3c2=O)c1. The Morgan fingerprint density at radius 2 is 1.93 bits per heavy atom. The zero-order chi connectivity index (χ0) is 20.5. The van der Waals surface area contributed by atoms with E-state index in [0.29, 0.717) is 16.7 Å². The second kappa shape index (κ2) is 7.79. The van der Waals surface area contributed by atoms with Crippen LogP contribution >= 0.6 is 15.9 Å². The first-order chi connectivity index (χ1) is 13.9. The van der Waals surface area contributed by atoms with Gasteiger partial charge in [0.05, 0.1) is 22.8 Å². The molecule has 4 rings (SSSR count). The Morgan fingerprint density at radius 3 is 2.69 bits per heavy atom. The first kappa shape index (κ1) is 19.3. The number of rotatable bonds is 4. The van der Waals surface area contributed by atoms with Crippen LogP contribution in [0.15, 0.2) is 75.2 Å². The summed E-state index contributed by atoms with van der Waals surface area (Å²) in [7, 11) is 0. The molecular weight excluding hydrogens is 428 g/mol. The maximum Gasteiger partial charge on any atom is 0.282 e. The Labute approximate surface area is 177 Å². The van der Waals surface area contributed by atoms with E-state index in [-0.39, 0.29) is 11.5 Å². The van der Waals surface area contributed by atoms with E-state index in [4.69, 9.17) is 4.98 Å². The molecule has 4 aromatic rings. The summed E-state index contributed by atoms with van der Waals surface area (Å²) in [6, 6.07) is 17.7. The highest BCUT2D eigenvalue weighted by Gasteiger charge is 2.14. The summed E-state index contributed by atoms with van der Waals surface area (Å²) >= 11 is 3.43. The number of hydrogen-bond donors (Lipinski definition) is 0. The molecule has 0 aliphatic rings. The smallest absolute Gasteiger partial charge is 0.282 e. The minimum atomic E-state index is -0.176. The predicted octanol–water partition coefficient (Wildman–Crippen LogP) is 5.26. The second-order valence-electron chi connectivity index (χ2n) is 7.29. The fourth-order valence-corrected chi connectivity index (χ4v) is 3.64. The third-order valence-electron chi connectivity index (χ3n) is 4.72. The summed E-state index contributed by atoms with van der Waals surface area (Å²) in [5, 5.41) is 5.08. The van der Waals surface area contributed by atoms with Crippen molar-refractivity contribution in [1.29, 1.82) is 0 Å². The van der Waals surface area contributed by atoms with Crippen molar-refractivity contribution < 1.29 is 0 Å². The molecule has 5 nitrogen and oxygen atoms in total. The molecule has 2 aromatic carbocycles. The molecule has 0 fully saturated rings. The number of halogens is 1. The van der Waals surface area contributed by atoms with E-state index >= 15 is 0 Å². The van der Waals surface area contributed by atoms with Gasteiger partial charge in [-0.3, -0.25) is 4.79 Å². The van der Waals surface area contributed by atoms with Crippen LogP contribution in [0.3, 0.4) is 0 Å². The van der Waals surface area contributed by atoms with Crippen LogP contribution in [0.25, 0.3) is 16.6 Å². The molecule has 0 spiro atoms. The van der Waals surface area contributed by atoms with Gasteiger partial charge in [0, 0.05) is 22.3 Å². The third kappa shape index (κ3) is 3.80. The van der Waals surface area contributed by atoms with E-state index < -0.39 is 0 Å². The molecule has 0 aliphatic heterocycles. The van der Waals surface area contributed by atoms with Gasteiger partial charge in [-0.25, -0.2) is 4.98 Å². The van der Waals surface area contributed by atoms with Gasteiger partial charge >= 0.3 is 0 Å². The van der Waals surface area contributed by atoms with Crippen LogP contribution in [-0.2, 0) is 0 Å². The average molecular weight is 449 g/mol. The molecule has 29 heavy (non-hydrogen) atoms. The van der Waals surface area contributed by atoms with Gasteiger partial charge in [-0.1, -0.05) is 41.9 Å². The van der Waals surface area contributed by atoms with Crippen molar-refractivity contribution in [1.82, 2.24) is 14.2 Å². The highest BCUT2D eigenvalue weighted by Crippen LogP contribution is 2.19. The van der Waals surface area contributed by atoms with Crippen LogP contribution in [0.2, 0.25) is 0 Å². The third-order valence-corrected chi connectivity index (χ3v) is 5.21. The first-order valence-corrected chi connectivity index (χ1v) is 10.2. The van der Waals surface area contributed by atoms with Crippen LogP contribution in [0.1, 0.15) is 36.8 Å². The largest absolute Gasteiger partial charge is 0.316 e. The van der Waals surface area contributed by atoms with Gasteiger partial charge in [0.1, 0.15) is 5.82 Å². The Hall–Kier alpha value is -2.99. The average Bonchev–Trinajstić information content (AvgIpc) is 3.16. The molecule has 2 heterocycles. The van der Waals surface area contributed by atoms with Crippen LogP contribution in [0, 0.1) is 6.92 Å². The van der Waals surface area contributed by atoms with Gasteiger partial charge in [-0.05, 0) is 55.0 Å². The minimum Gasteiger partial charge on any atom is -0.316 e. The summed E-state index contributed by atoms with van der Waals surface area (Å²) in [5.74, 6) is 0.686. The maximum atomic E-state index is 13.1. The molecule has 6 heteroatoms. The number of aromatic nitrogens is 3. The number of fused-ring (bicyclic) bond motifs is 1. The molecular formula is C23H21BrN4O. The molecule has 146 valence electrons. The van der Waals surface area contributed by atoms with Crippen molar-refractivity contribution in [2.45, 2.75) is 26.7 Å². The van der Waals surface area contributed by atoms with Gasteiger partial charge in [0.2, 0.25) is 0 Å². The maximum absolute atomic E-state index is 13.1. The quantitative estimate of drug-likeness (QED) is 0.399. The van der Waals surface area contributed by atoms with E-state index in [9.17, 15) is 4.79 Å². The number of hydrogen-bond acceptors (Lipinski definition) is 3. The Morgan fingerprint density at radius 1 is 1.10 bits per heavy atom. The highest BCUT2D eigenvalue weighted by molar-refractivity contribution is 9.10. The van der Waals surface area contributed by atoms with Gasteiger partial charge < -0.3 is 4.57 Å². The molecule has 0 atom stereocenters. The summed E-state index contributed by atoms with van der Waals surface area (Å²) < 4.78 is 4.29. The summed E-state index contributed by atoms with van der Waals surface area (Å²) in [5.41, 5.74) is 3.61. The van der Waals surface area contributed by atoms with Crippen molar-refractivity contribution >= 4 is 33.0 Å².